The summed E-state index contributed by atoms with van der Waals surface area (Å²) in [5, 5.41) is 3.80. The number of benzene rings is 2. The summed E-state index contributed by atoms with van der Waals surface area (Å²) < 4.78 is 35.6. The van der Waals surface area contributed by atoms with Crippen LogP contribution in [0.4, 0.5) is 0 Å². The smallest absolute Gasteiger partial charge is 0.276 e. The number of halogens is 1. The van der Waals surface area contributed by atoms with Crippen molar-refractivity contribution in [2.45, 2.75) is 11.8 Å². The predicted octanol–water partition coefficient (Wildman–Crippen LogP) is 3.17. The minimum Gasteiger partial charge on any atom is -0.493 e. The average molecular weight is 413 g/mol. The summed E-state index contributed by atoms with van der Waals surface area (Å²) in [5.74, 6) is 1.11. The molecule has 24 heavy (non-hydrogen) atoms. The third-order valence-corrected chi connectivity index (χ3v) is 4.81. The zero-order valence-electron chi connectivity index (χ0n) is 13.2. The van der Waals surface area contributed by atoms with Gasteiger partial charge in [0.15, 0.2) is 11.5 Å². The van der Waals surface area contributed by atoms with Gasteiger partial charge in [-0.05, 0) is 52.7 Å². The van der Waals surface area contributed by atoms with E-state index in [0.29, 0.717) is 28.1 Å². The first-order valence-electron chi connectivity index (χ1n) is 7.08. The topological polar surface area (TPSA) is 77.0 Å². The fourth-order valence-electron chi connectivity index (χ4n) is 1.92. The van der Waals surface area contributed by atoms with Crippen molar-refractivity contribution in [2.24, 2.45) is 5.10 Å². The minimum absolute atomic E-state index is 0.146. The van der Waals surface area contributed by atoms with E-state index in [1.54, 1.807) is 30.3 Å². The van der Waals surface area contributed by atoms with Crippen LogP contribution >= 0.6 is 15.9 Å². The van der Waals surface area contributed by atoms with Crippen molar-refractivity contribution < 1.29 is 17.9 Å². The van der Waals surface area contributed by atoms with Gasteiger partial charge in [-0.15, -0.1) is 0 Å². The average Bonchev–Trinajstić information content (AvgIpc) is 2.57. The van der Waals surface area contributed by atoms with E-state index < -0.39 is 10.0 Å². The Labute approximate surface area is 149 Å². The van der Waals surface area contributed by atoms with Crippen molar-refractivity contribution in [3.05, 3.63) is 52.5 Å². The molecule has 1 N–H and O–H groups in total. The van der Waals surface area contributed by atoms with E-state index in [1.807, 2.05) is 6.92 Å². The monoisotopic (exact) mass is 412 g/mol. The van der Waals surface area contributed by atoms with Gasteiger partial charge in [0.25, 0.3) is 10.0 Å². The summed E-state index contributed by atoms with van der Waals surface area (Å²) in [5.41, 5.74) is 0.651. The van der Waals surface area contributed by atoms with Crippen LogP contribution in [-0.4, -0.2) is 28.3 Å². The maximum Gasteiger partial charge on any atom is 0.276 e. The van der Waals surface area contributed by atoms with Gasteiger partial charge in [0.2, 0.25) is 0 Å². The Kier molecular flexibility index (Phi) is 6.22. The first-order chi connectivity index (χ1) is 11.5. The van der Waals surface area contributed by atoms with Gasteiger partial charge >= 0.3 is 0 Å². The zero-order chi connectivity index (χ0) is 17.6. The molecule has 2 aromatic carbocycles. The summed E-state index contributed by atoms with van der Waals surface area (Å²) in [6.07, 6.45) is 1.39. The Morgan fingerprint density at radius 1 is 1.25 bits per heavy atom. The Morgan fingerprint density at radius 3 is 2.58 bits per heavy atom. The molecule has 0 aliphatic heterocycles. The van der Waals surface area contributed by atoms with Crippen LogP contribution in [0.5, 0.6) is 11.5 Å². The summed E-state index contributed by atoms with van der Waals surface area (Å²) in [6, 6.07) is 11.5. The second-order valence-electron chi connectivity index (χ2n) is 4.63. The van der Waals surface area contributed by atoms with E-state index in [9.17, 15) is 8.42 Å². The van der Waals surface area contributed by atoms with Crippen LogP contribution in [0.15, 0.2) is 56.9 Å². The van der Waals surface area contributed by atoms with Crippen LogP contribution < -0.4 is 14.3 Å². The summed E-state index contributed by atoms with van der Waals surface area (Å²) in [4.78, 5) is 2.32. The zero-order valence-corrected chi connectivity index (χ0v) is 15.6. The van der Waals surface area contributed by atoms with Gasteiger partial charge in [-0.1, -0.05) is 18.2 Å². The lowest BCUT2D eigenvalue weighted by Gasteiger charge is -2.12. The SMILES string of the molecule is CCOc1c(Br)cc(C=NNS(=O)(=O)c2ccccc2)cc1OC. The van der Waals surface area contributed by atoms with Crippen LogP contribution in [-0.2, 0) is 10.0 Å². The highest BCUT2D eigenvalue weighted by atomic mass is 79.9. The molecule has 6 nitrogen and oxygen atoms in total. The molecule has 0 saturated heterocycles. The van der Waals surface area contributed by atoms with Gasteiger partial charge in [-0.2, -0.15) is 13.5 Å². The molecule has 0 fully saturated rings. The number of rotatable bonds is 7. The number of nitrogens with zero attached hydrogens (tertiary/aromatic N) is 1. The molecular formula is C16H17BrN2O4S. The highest BCUT2D eigenvalue weighted by molar-refractivity contribution is 9.10. The van der Waals surface area contributed by atoms with Crippen molar-refractivity contribution in [3.63, 3.8) is 0 Å². The second kappa shape index (κ2) is 8.16. The number of hydrazone groups is 1. The molecule has 0 aromatic heterocycles. The quantitative estimate of drug-likeness (QED) is 0.559. The molecule has 2 rings (SSSR count). The van der Waals surface area contributed by atoms with Gasteiger partial charge in [0, 0.05) is 0 Å². The van der Waals surface area contributed by atoms with Crippen LogP contribution in [0, 0.1) is 0 Å². The summed E-state index contributed by atoms with van der Waals surface area (Å²) >= 11 is 3.40. The van der Waals surface area contributed by atoms with Crippen molar-refractivity contribution in [2.75, 3.05) is 13.7 Å². The van der Waals surface area contributed by atoms with Crippen molar-refractivity contribution >= 4 is 32.2 Å². The summed E-state index contributed by atoms with van der Waals surface area (Å²) in [6.45, 7) is 2.37. The number of hydrogen-bond donors (Lipinski definition) is 1. The van der Waals surface area contributed by atoms with Crippen molar-refractivity contribution in [1.29, 1.82) is 0 Å². The standard InChI is InChI=1S/C16H17BrN2O4S/c1-3-23-16-14(17)9-12(10-15(16)22-2)11-18-19-24(20,21)13-7-5-4-6-8-13/h4-11,19H,3H2,1-2H3. The highest BCUT2D eigenvalue weighted by Crippen LogP contribution is 2.36. The number of nitrogens with one attached hydrogen (secondary N) is 1. The molecule has 0 radical (unpaired) electrons. The molecule has 0 atom stereocenters. The molecule has 0 bridgehead atoms. The van der Waals surface area contributed by atoms with E-state index in [1.165, 1.54) is 25.5 Å². The Bertz CT molecular complexity index is 823. The Balaban J connectivity index is 2.19. The maximum atomic E-state index is 12.1. The highest BCUT2D eigenvalue weighted by Gasteiger charge is 2.12. The molecule has 0 amide bonds. The molecule has 0 heterocycles. The van der Waals surface area contributed by atoms with Crippen molar-refractivity contribution in [3.8, 4) is 11.5 Å². The molecule has 0 saturated carbocycles. The molecule has 0 aliphatic carbocycles. The number of methoxy groups -OCH3 is 1. The largest absolute Gasteiger partial charge is 0.493 e. The Morgan fingerprint density at radius 2 is 1.96 bits per heavy atom. The van der Waals surface area contributed by atoms with Crippen LogP contribution in [0.3, 0.4) is 0 Å². The first-order valence-corrected chi connectivity index (χ1v) is 9.35. The molecule has 0 unspecified atom stereocenters. The van der Waals surface area contributed by atoms with Crippen molar-refractivity contribution in [1.82, 2.24) is 4.83 Å². The molecule has 0 spiro atoms. The number of sulfonamides is 1. The second-order valence-corrected chi connectivity index (χ2v) is 7.15. The molecule has 128 valence electrons. The number of hydrogen-bond acceptors (Lipinski definition) is 5. The van der Waals surface area contributed by atoms with Gasteiger partial charge < -0.3 is 9.47 Å². The third-order valence-electron chi connectivity index (χ3n) is 2.98. The molecule has 0 aliphatic rings. The normalized spacial score (nSPS) is 11.5. The molecule has 2 aromatic rings. The number of ether oxygens (including phenoxy) is 2. The van der Waals surface area contributed by atoms with E-state index in [4.69, 9.17) is 9.47 Å². The van der Waals surface area contributed by atoms with E-state index >= 15 is 0 Å². The van der Waals surface area contributed by atoms with E-state index in [0.717, 1.165) is 0 Å². The van der Waals surface area contributed by atoms with E-state index in [2.05, 4.69) is 25.9 Å². The summed E-state index contributed by atoms with van der Waals surface area (Å²) in [7, 11) is -2.16. The fourth-order valence-corrected chi connectivity index (χ4v) is 3.31. The molecule has 8 heteroatoms. The fraction of sp³-hybridized carbons (Fsp3) is 0.188. The van der Waals surface area contributed by atoms with Gasteiger partial charge in [0.05, 0.1) is 29.3 Å². The maximum absolute atomic E-state index is 12.1. The van der Waals surface area contributed by atoms with Crippen LogP contribution in [0.1, 0.15) is 12.5 Å². The first kappa shape index (κ1) is 18.3. The third kappa shape index (κ3) is 4.48. The van der Waals surface area contributed by atoms with Crippen LogP contribution in [0.25, 0.3) is 0 Å². The van der Waals surface area contributed by atoms with Gasteiger partial charge in [-0.25, -0.2) is 4.83 Å². The molecular weight excluding hydrogens is 396 g/mol. The lowest BCUT2D eigenvalue weighted by atomic mass is 10.2. The lowest BCUT2D eigenvalue weighted by molar-refractivity contribution is 0.309. The van der Waals surface area contributed by atoms with E-state index in [-0.39, 0.29) is 4.90 Å². The predicted molar refractivity (Wildman–Crippen MR) is 96.2 cm³/mol. The Hall–Kier alpha value is -2.06. The minimum atomic E-state index is -3.69. The van der Waals surface area contributed by atoms with Gasteiger partial charge in [0.1, 0.15) is 0 Å². The van der Waals surface area contributed by atoms with Crippen LogP contribution in [0.2, 0.25) is 0 Å². The lowest BCUT2D eigenvalue weighted by Crippen LogP contribution is -2.18. The van der Waals surface area contributed by atoms with Gasteiger partial charge in [-0.3, -0.25) is 0 Å².